The number of ether oxygens (including phenoxy) is 1. The number of aromatic nitrogens is 1. The van der Waals surface area contributed by atoms with E-state index in [-0.39, 0.29) is 11.5 Å². The van der Waals surface area contributed by atoms with E-state index in [0.29, 0.717) is 4.47 Å². The van der Waals surface area contributed by atoms with Crippen LogP contribution in [0.25, 0.3) is 0 Å². The van der Waals surface area contributed by atoms with E-state index in [4.69, 9.17) is 5.84 Å². The number of alkyl halides is 2. The van der Waals surface area contributed by atoms with Crippen LogP contribution in [0.5, 0.6) is 0 Å². The summed E-state index contributed by atoms with van der Waals surface area (Å²) in [5.41, 5.74) is -0.570. The zero-order chi connectivity index (χ0) is 15.3. The van der Waals surface area contributed by atoms with Gasteiger partial charge in [0.15, 0.2) is 11.5 Å². The predicted octanol–water partition coefficient (Wildman–Crippen LogP) is 1.70. The number of nitrogens with zero attached hydrogens (tertiary/aromatic N) is 2. The van der Waals surface area contributed by atoms with Crippen LogP contribution >= 0.6 is 15.9 Å². The molecule has 1 rings (SSSR count). The Balaban J connectivity index is 3.28. The van der Waals surface area contributed by atoms with Crippen molar-refractivity contribution in [2.45, 2.75) is 6.43 Å². The molecule has 0 fully saturated rings. The van der Waals surface area contributed by atoms with Crippen LogP contribution in [0.3, 0.4) is 0 Å². The quantitative estimate of drug-likeness (QED) is 0.364. The zero-order valence-electron chi connectivity index (χ0n) is 10.7. The van der Waals surface area contributed by atoms with Gasteiger partial charge in [0.05, 0.1) is 12.7 Å². The van der Waals surface area contributed by atoms with Crippen molar-refractivity contribution in [3.8, 4) is 0 Å². The van der Waals surface area contributed by atoms with E-state index in [9.17, 15) is 13.6 Å². The highest BCUT2D eigenvalue weighted by Crippen LogP contribution is 2.30. The van der Waals surface area contributed by atoms with Crippen LogP contribution < -0.4 is 16.2 Å². The first-order valence-corrected chi connectivity index (χ1v) is 6.15. The molecule has 0 unspecified atom stereocenters. The molecule has 0 atom stereocenters. The molecule has 0 aliphatic rings. The largest absolute Gasteiger partial charge is 0.464 e. The summed E-state index contributed by atoms with van der Waals surface area (Å²) < 4.78 is 30.9. The molecule has 1 heterocycles. The molecule has 0 bridgehead atoms. The van der Waals surface area contributed by atoms with Gasteiger partial charge in [-0.3, -0.25) is 5.01 Å². The van der Waals surface area contributed by atoms with E-state index in [2.05, 4.69) is 31.0 Å². The van der Waals surface area contributed by atoms with Crippen molar-refractivity contribution in [2.75, 3.05) is 19.2 Å². The molecule has 0 saturated heterocycles. The fourth-order valence-electron chi connectivity index (χ4n) is 1.39. The highest BCUT2D eigenvalue weighted by atomic mass is 79.9. The Morgan fingerprint density at radius 1 is 1.65 bits per heavy atom. The van der Waals surface area contributed by atoms with E-state index in [1.165, 1.54) is 25.5 Å². The van der Waals surface area contributed by atoms with Crippen LogP contribution in [-0.4, -0.2) is 25.1 Å². The van der Waals surface area contributed by atoms with Gasteiger partial charge in [0.2, 0.25) is 0 Å². The van der Waals surface area contributed by atoms with Crippen molar-refractivity contribution in [1.29, 1.82) is 0 Å². The number of carbonyl (C=O) groups is 1. The smallest absolute Gasteiger partial charge is 0.357 e. The van der Waals surface area contributed by atoms with Gasteiger partial charge in [-0.1, -0.05) is 0 Å². The Hall–Kier alpha value is -1.74. The van der Waals surface area contributed by atoms with Gasteiger partial charge in [-0.15, -0.1) is 0 Å². The SMILES string of the molecule is CN/C=C(/C(=O)OC)N(N)c1ncc(Br)cc1C(F)F. The molecule has 0 aliphatic carbocycles. The Kier molecular flexibility index (Phi) is 5.83. The van der Waals surface area contributed by atoms with Gasteiger partial charge < -0.3 is 10.1 Å². The first-order valence-electron chi connectivity index (χ1n) is 5.36. The third-order valence-corrected chi connectivity index (χ3v) is 2.69. The summed E-state index contributed by atoms with van der Waals surface area (Å²) in [6.45, 7) is 0. The summed E-state index contributed by atoms with van der Waals surface area (Å²) >= 11 is 3.05. The van der Waals surface area contributed by atoms with E-state index in [0.717, 1.165) is 12.1 Å². The summed E-state index contributed by atoms with van der Waals surface area (Å²) in [7, 11) is 2.68. The lowest BCUT2D eigenvalue weighted by atomic mass is 10.2. The number of carbonyl (C=O) groups excluding carboxylic acids is 1. The molecule has 3 N–H and O–H groups in total. The predicted molar refractivity (Wildman–Crippen MR) is 72.7 cm³/mol. The number of hydrazine groups is 1. The van der Waals surface area contributed by atoms with Gasteiger partial charge in [-0.25, -0.2) is 24.4 Å². The molecule has 1 aromatic heterocycles. The zero-order valence-corrected chi connectivity index (χ0v) is 12.3. The van der Waals surface area contributed by atoms with Crippen molar-refractivity contribution in [1.82, 2.24) is 10.3 Å². The maximum atomic E-state index is 13.0. The van der Waals surface area contributed by atoms with Gasteiger partial charge in [-0.2, -0.15) is 0 Å². The van der Waals surface area contributed by atoms with Gasteiger partial charge in [0.1, 0.15) is 0 Å². The standard InChI is InChI=1S/C11H13BrF2N4O2/c1-16-5-8(11(19)20-2)18(15)10-7(9(13)14)3-6(12)4-17-10/h3-5,9,16H,15H2,1-2H3/b8-5-. The molecule has 6 nitrogen and oxygen atoms in total. The second-order valence-electron chi connectivity index (χ2n) is 3.55. The van der Waals surface area contributed by atoms with Crippen molar-refractivity contribution in [2.24, 2.45) is 5.84 Å². The molecular weight excluding hydrogens is 338 g/mol. The Morgan fingerprint density at radius 2 is 2.30 bits per heavy atom. The number of hydrogen-bond acceptors (Lipinski definition) is 6. The molecule has 0 amide bonds. The third kappa shape index (κ3) is 3.64. The highest BCUT2D eigenvalue weighted by molar-refractivity contribution is 9.10. The van der Waals surface area contributed by atoms with Crippen LogP contribution in [0.15, 0.2) is 28.6 Å². The van der Waals surface area contributed by atoms with Crippen LogP contribution in [0, 0.1) is 0 Å². The van der Waals surface area contributed by atoms with Crippen molar-refractivity contribution in [3.63, 3.8) is 0 Å². The van der Waals surface area contributed by atoms with E-state index < -0.39 is 18.0 Å². The lowest BCUT2D eigenvalue weighted by molar-refractivity contribution is -0.136. The van der Waals surface area contributed by atoms with Crippen LogP contribution in [0.1, 0.15) is 12.0 Å². The molecule has 0 saturated carbocycles. The van der Waals surface area contributed by atoms with Crippen LogP contribution in [-0.2, 0) is 9.53 Å². The van der Waals surface area contributed by atoms with E-state index in [1.807, 2.05) is 0 Å². The van der Waals surface area contributed by atoms with Gasteiger partial charge >= 0.3 is 5.97 Å². The number of halogens is 3. The number of esters is 1. The molecular formula is C11H13BrF2N4O2. The molecule has 0 aliphatic heterocycles. The second kappa shape index (κ2) is 7.15. The number of methoxy groups -OCH3 is 1. The summed E-state index contributed by atoms with van der Waals surface area (Å²) in [6.07, 6.45) is -0.269. The lowest BCUT2D eigenvalue weighted by Gasteiger charge is -2.21. The first-order chi connectivity index (χ1) is 9.42. The molecule has 20 heavy (non-hydrogen) atoms. The minimum absolute atomic E-state index is 0.160. The van der Waals surface area contributed by atoms with Crippen molar-refractivity contribution in [3.05, 3.63) is 34.2 Å². The van der Waals surface area contributed by atoms with Crippen LogP contribution in [0.2, 0.25) is 0 Å². The Morgan fingerprint density at radius 3 is 2.80 bits per heavy atom. The van der Waals surface area contributed by atoms with Gasteiger partial charge in [0.25, 0.3) is 6.43 Å². The average Bonchev–Trinajstić information content (AvgIpc) is 2.43. The first kappa shape index (κ1) is 16.3. The molecule has 110 valence electrons. The fourth-order valence-corrected chi connectivity index (χ4v) is 1.74. The van der Waals surface area contributed by atoms with E-state index >= 15 is 0 Å². The second-order valence-corrected chi connectivity index (χ2v) is 4.46. The van der Waals surface area contributed by atoms with Gasteiger partial charge in [0, 0.05) is 23.9 Å². The molecule has 9 heteroatoms. The normalized spacial score (nSPS) is 11.4. The van der Waals surface area contributed by atoms with Crippen molar-refractivity contribution >= 4 is 27.7 Å². The van der Waals surface area contributed by atoms with Crippen LogP contribution in [0.4, 0.5) is 14.6 Å². The monoisotopic (exact) mass is 350 g/mol. The minimum Gasteiger partial charge on any atom is -0.464 e. The fraction of sp³-hybridized carbons (Fsp3) is 0.273. The Labute approximate surface area is 122 Å². The third-order valence-electron chi connectivity index (χ3n) is 2.26. The van der Waals surface area contributed by atoms with Crippen molar-refractivity contribution < 1.29 is 18.3 Å². The molecule has 0 radical (unpaired) electrons. The number of pyridine rings is 1. The minimum atomic E-state index is -2.80. The maximum absolute atomic E-state index is 13.0. The summed E-state index contributed by atoms with van der Waals surface area (Å²) in [5, 5.41) is 3.33. The number of nitrogens with two attached hydrogens (primary N) is 1. The summed E-state index contributed by atoms with van der Waals surface area (Å²) in [6, 6.07) is 1.18. The lowest BCUT2D eigenvalue weighted by Crippen LogP contribution is -2.37. The maximum Gasteiger partial charge on any atom is 0.357 e. The number of nitrogens with one attached hydrogen (secondary N) is 1. The Bertz CT molecular complexity index is 525. The number of anilines is 1. The molecule has 0 spiro atoms. The number of rotatable bonds is 5. The van der Waals surface area contributed by atoms with E-state index in [1.54, 1.807) is 0 Å². The topological polar surface area (TPSA) is 80.5 Å². The highest BCUT2D eigenvalue weighted by Gasteiger charge is 2.24. The average molecular weight is 351 g/mol. The molecule has 1 aromatic rings. The summed E-state index contributed by atoms with van der Waals surface area (Å²) in [4.78, 5) is 15.4. The molecule has 0 aromatic carbocycles. The number of hydrogen-bond donors (Lipinski definition) is 2. The van der Waals surface area contributed by atoms with Gasteiger partial charge in [-0.05, 0) is 22.0 Å². The summed E-state index contributed by atoms with van der Waals surface area (Å²) in [5.74, 6) is 4.68.